The third-order valence-corrected chi connectivity index (χ3v) is 4.60. The number of thioether (sulfide) groups is 1. The van der Waals surface area contributed by atoms with Crippen molar-refractivity contribution in [2.45, 2.75) is 24.3 Å². The van der Waals surface area contributed by atoms with E-state index in [9.17, 15) is 4.79 Å². The van der Waals surface area contributed by atoms with Crippen LogP contribution in [0.1, 0.15) is 12.6 Å². The van der Waals surface area contributed by atoms with E-state index in [1.54, 1.807) is 45.2 Å². The number of benzene rings is 1. The Labute approximate surface area is 158 Å². The number of H-pyrrole nitrogens is 1. The minimum atomic E-state index is -0.440. The Kier molecular flexibility index (Phi) is 5.48. The normalized spacial score (nSPS) is 12.0. The molecule has 0 aliphatic carbocycles. The number of rotatable bonds is 6. The number of ether oxygens (including phenoxy) is 1. The van der Waals surface area contributed by atoms with E-state index in [1.807, 2.05) is 0 Å². The van der Waals surface area contributed by atoms with E-state index >= 15 is 0 Å². The molecule has 0 radical (unpaired) electrons. The van der Waals surface area contributed by atoms with Crippen molar-refractivity contribution in [3.63, 3.8) is 0 Å². The van der Waals surface area contributed by atoms with Crippen LogP contribution in [0.2, 0.25) is 5.02 Å². The van der Waals surface area contributed by atoms with Gasteiger partial charge in [-0.05, 0) is 32.0 Å². The summed E-state index contributed by atoms with van der Waals surface area (Å²) in [6, 6.07) is 6.86. The number of hydrogen-bond acceptors (Lipinski definition) is 7. The van der Waals surface area contributed by atoms with Gasteiger partial charge in [-0.25, -0.2) is 4.98 Å². The number of nitrogens with one attached hydrogen (secondary N) is 2. The van der Waals surface area contributed by atoms with E-state index in [2.05, 4.69) is 25.7 Å². The highest BCUT2D eigenvalue weighted by atomic mass is 35.5. The molecule has 1 unspecified atom stereocenters. The van der Waals surface area contributed by atoms with Crippen LogP contribution in [-0.2, 0) is 4.79 Å². The zero-order chi connectivity index (χ0) is 18.7. The lowest BCUT2D eigenvalue weighted by Crippen LogP contribution is -2.22. The number of halogens is 1. The average Bonchev–Trinajstić information content (AvgIpc) is 3.23. The van der Waals surface area contributed by atoms with Crippen molar-refractivity contribution < 1.29 is 14.1 Å². The molecule has 3 rings (SSSR count). The lowest BCUT2D eigenvalue weighted by molar-refractivity contribution is -0.115. The molecule has 0 aliphatic rings. The SMILES string of the molecule is COc1ccc(Cl)cc1-c1nc(SC(C)C(=O)Nc2cc(C)no2)n[nH]1. The van der Waals surface area contributed by atoms with Gasteiger partial charge in [0.15, 0.2) is 5.82 Å². The number of methoxy groups -OCH3 is 1. The molecule has 2 N–H and O–H groups in total. The number of anilines is 1. The van der Waals surface area contributed by atoms with Crippen LogP contribution in [0.15, 0.2) is 33.9 Å². The Balaban J connectivity index is 1.70. The van der Waals surface area contributed by atoms with Crippen molar-refractivity contribution in [3.05, 3.63) is 35.0 Å². The van der Waals surface area contributed by atoms with E-state index < -0.39 is 5.25 Å². The molecule has 0 aliphatic heterocycles. The molecule has 1 amide bonds. The molecule has 136 valence electrons. The molecule has 26 heavy (non-hydrogen) atoms. The molecular weight excluding hydrogens is 378 g/mol. The van der Waals surface area contributed by atoms with Gasteiger partial charge in [-0.1, -0.05) is 28.5 Å². The van der Waals surface area contributed by atoms with Gasteiger partial charge in [0.25, 0.3) is 0 Å². The lowest BCUT2D eigenvalue weighted by Gasteiger charge is -2.07. The van der Waals surface area contributed by atoms with Gasteiger partial charge in [0, 0.05) is 11.1 Å². The van der Waals surface area contributed by atoms with Crippen molar-refractivity contribution in [2.24, 2.45) is 0 Å². The number of hydrogen-bond donors (Lipinski definition) is 2. The summed E-state index contributed by atoms with van der Waals surface area (Å²) in [5.41, 5.74) is 1.38. The van der Waals surface area contributed by atoms with Crippen molar-refractivity contribution in [2.75, 3.05) is 12.4 Å². The first kappa shape index (κ1) is 18.3. The second-order valence-electron chi connectivity index (χ2n) is 5.39. The number of carbonyl (C=O) groups excluding carboxylic acids is 1. The van der Waals surface area contributed by atoms with E-state index in [-0.39, 0.29) is 5.91 Å². The first-order chi connectivity index (χ1) is 12.5. The van der Waals surface area contributed by atoms with Gasteiger partial charge in [0.1, 0.15) is 5.75 Å². The number of aromatic nitrogens is 4. The molecular formula is C16H16ClN5O3S. The fourth-order valence-electron chi connectivity index (χ4n) is 2.14. The Morgan fingerprint density at radius 3 is 2.92 bits per heavy atom. The zero-order valence-corrected chi connectivity index (χ0v) is 15.8. The molecule has 10 heteroatoms. The fourth-order valence-corrected chi connectivity index (χ4v) is 3.04. The summed E-state index contributed by atoms with van der Waals surface area (Å²) in [6.45, 7) is 3.52. The maximum Gasteiger partial charge on any atom is 0.240 e. The zero-order valence-electron chi connectivity index (χ0n) is 14.2. The summed E-state index contributed by atoms with van der Waals surface area (Å²) >= 11 is 7.25. The van der Waals surface area contributed by atoms with Gasteiger partial charge in [-0.15, -0.1) is 5.10 Å². The standard InChI is InChI=1S/C16H16ClN5O3S/c1-8-6-13(25-22-8)18-15(23)9(2)26-16-19-14(20-21-16)11-7-10(17)4-5-12(11)24-3/h4-7,9H,1-3H3,(H,18,23)(H,19,20,21). The van der Waals surface area contributed by atoms with Crippen LogP contribution in [0.5, 0.6) is 5.75 Å². The average molecular weight is 394 g/mol. The summed E-state index contributed by atoms with van der Waals surface area (Å²) in [6.07, 6.45) is 0. The molecule has 3 aromatic rings. The Hall–Kier alpha value is -2.52. The number of amides is 1. The lowest BCUT2D eigenvalue weighted by atomic mass is 10.2. The molecule has 1 aromatic carbocycles. The smallest absolute Gasteiger partial charge is 0.240 e. The van der Waals surface area contributed by atoms with Crippen molar-refractivity contribution >= 4 is 35.2 Å². The van der Waals surface area contributed by atoms with Gasteiger partial charge in [0.2, 0.25) is 16.9 Å². The van der Waals surface area contributed by atoms with E-state index in [0.717, 1.165) is 0 Å². The van der Waals surface area contributed by atoms with E-state index in [1.165, 1.54) is 11.8 Å². The van der Waals surface area contributed by atoms with Gasteiger partial charge < -0.3 is 9.26 Å². The van der Waals surface area contributed by atoms with Gasteiger partial charge in [-0.3, -0.25) is 15.2 Å². The predicted molar refractivity (Wildman–Crippen MR) is 98.6 cm³/mol. The molecule has 2 heterocycles. The van der Waals surface area contributed by atoms with Crippen LogP contribution in [0.25, 0.3) is 11.4 Å². The van der Waals surface area contributed by atoms with Crippen LogP contribution in [0, 0.1) is 6.92 Å². The maximum atomic E-state index is 12.2. The predicted octanol–water partition coefficient (Wildman–Crippen LogP) is 3.55. The van der Waals surface area contributed by atoms with E-state index in [0.29, 0.717) is 38.9 Å². The van der Waals surface area contributed by atoms with Crippen molar-refractivity contribution in [1.29, 1.82) is 0 Å². The fraction of sp³-hybridized carbons (Fsp3) is 0.250. The quantitative estimate of drug-likeness (QED) is 0.617. The molecule has 0 fully saturated rings. The molecule has 0 saturated carbocycles. The van der Waals surface area contributed by atoms with Crippen LogP contribution in [-0.4, -0.2) is 38.6 Å². The first-order valence-electron chi connectivity index (χ1n) is 7.63. The van der Waals surface area contributed by atoms with Crippen molar-refractivity contribution in [3.8, 4) is 17.1 Å². The minimum absolute atomic E-state index is 0.238. The largest absolute Gasteiger partial charge is 0.496 e. The number of carbonyl (C=O) groups is 1. The molecule has 2 aromatic heterocycles. The first-order valence-corrected chi connectivity index (χ1v) is 8.89. The van der Waals surface area contributed by atoms with Crippen LogP contribution in [0.4, 0.5) is 5.88 Å². The van der Waals surface area contributed by atoms with E-state index in [4.69, 9.17) is 20.9 Å². The van der Waals surface area contributed by atoms with Gasteiger partial charge in [0.05, 0.1) is 23.6 Å². The van der Waals surface area contributed by atoms with Crippen LogP contribution < -0.4 is 10.1 Å². The molecule has 0 bridgehead atoms. The van der Waals surface area contributed by atoms with Crippen LogP contribution >= 0.6 is 23.4 Å². The summed E-state index contributed by atoms with van der Waals surface area (Å²) in [4.78, 5) is 16.6. The Morgan fingerprint density at radius 1 is 1.42 bits per heavy atom. The highest BCUT2D eigenvalue weighted by molar-refractivity contribution is 8.00. The van der Waals surface area contributed by atoms with Crippen LogP contribution in [0.3, 0.4) is 0 Å². The highest BCUT2D eigenvalue weighted by Crippen LogP contribution is 2.31. The van der Waals surface area contributed by atoms with Gasteiger partial charge in [-0.2, -0.15) is 0 Å². The van der Waals surface area contributed by atoms with Gasteiger partial charge >= 0.3 is 0 Å². The molecule has 8 nitrogen and oxygen atoms in total. The summed E-state index contributed by atoms with van der Waals surface area (Å²) in [5, 5.41) is 13.9. The Morgan fingerprint density at radius 2 is 2.23 bits per heavy atom. The second-order valence-corrected chi connectivity index (χ2v) is 7.14. The topological polar surface area (TPSA) is 106 Å². The third kappa shape index (κ3) is 4.17. The molecule has 1 atom stereocenters. The third-order valence-electron chi connectivity index (χ3n) is 3.41. The number of aromatic amines is 1. The van der Waals surface area contributed by atoms with Crippen molar-refractivity contribution in [1.82, 2.24) is 20.3 Å². The number of aryl methyl sites for hydroxylation is 1. The minimum Gasteiger partial charge on any atom is -0.496 e. The second kappa shape index (κ2) is 7.79. The molecule has 0 spiro atoms. The Bertz CT molecular complexity index is 926. The summed E-state index contributed by atoms with van der Waals surface area (Å²) in [7, 11) is 1.57. The number of nitrogens with zero attached hydrogens (tertiary/aromatic N) is 3. The summed E-state index contributed by atoms with van der Waals surface area (Å²) in [5.74, 6) is 1.19. The summed E-state index contributed by atoms with van der Waals surface area (Å²) < 4.78 is 10.3. The highest BCUT2D eigenvalue weighted by Gasteiger charge is 2.19. The monoisotopic (exact) mass is 393 g/mol. The molecule has 0 saturated heterocycles. The maximum absolute atomic E-state index is 12.2.